The third-order valence-electron chi connectivity index (χ3n) is 1.71. The van der Waals surface area contributed by atoms with E-state index in [0.29, 0.717) is 5.76 Å². The van der Waals surface area contributed by atoms with Crippen molar-refractivity contribution >= 4 is 5.91 Å². The summed E-state index contributed by atoms with van der Waals surface area (Å²) in [6, 6.07) is 5.40. The van der Waals surface area contributed by atoms with Crippen molar-refractivity contribution in [3.05, 3.63) is 24.2 Å². The molecule has 0 bridgehead atoms. The summed E-state index contributed by atoms with van der Waals surface area (Å²) in [7, 11) is 1.54. The van der Waals surface area contributed by atoms with Crippen LogP contribution in [0.3, 0.4) is 0 Å². The van der Waals surface area contributed by atoms with Crippen LogP contribution in [0.1, 0.15) is 18.1 Å². The van der Waals surface area contributed by atoms with Gasteiger partial charge in [0, 0.05) is 13.5 Å². The molecule has 1 rings (SSSR count). The number of nitrogens with zero attached hydrogens (tertiary/aromatic N) is 1. The smallest absolute Gasteiger partial charge is 0.221 e. The molecule has 0 aliphatic heterocycles. The van der Waals surface area contributed by atoms with E-state index < -0.39 is 5.92 Å². The van der Waals surface area contributed by atoms with Gasteiger partial charge in [0.05, 0.1) is 12.3 Å². The molecule has 0 aromatic carbocycles. The lowest BCUT2D eigenvalue weighted by Gasteiger charge is -2.03. The van der Waals surface area contributed by atoms with Crippen molar-refractivity contribution in [1.29, 1.82) is 5.26 Å². The molecule has 1 heterocycles. The van der Waals surface area contributed by atoms with Crippen LogP contribution in [0.25, 0.3) is 0 Å². The van der Waals surface area contributed by atoms with Gasteiger partial charge >= 0.3 is 0 Å². The van der Waals surface area contributed by atoms with Gasteiger partial charge in [-0.15, -0.1) is 0 Å². The highest BCUT2D eigenvalue weighted by Crippen LogP contribution is 2.18. The highest BCUT2D eigenvalue weighted by Gasteiger charge is 2.16. The predicted molar refractivity (Wildman–Crippen MR) is 45.7 cm³/mol. The van der Waals surface area contributed by atoms with E-state index in [4.69, 9.17) is 9.68 Å². The van der Waals surface area contributed by atoms with E-state index in [1.165, 1.54) is 6.26 Å². The summed E-state index contributed by atoms with van der Waals surface area (Å²) in [4.78, 5) is 11.0. The van der Waals surface area contributed by atoms with Crippen LogP contribution in [0, 0.1) is 11.3 Å². The fourth-order valence-corrected chi connectivity index (χ4v) is 0.987. The minimum absolute atomic E-state index is 0.139. The van der Waals surface area contributed by atoms with Crippen LogP contribution in [-0.4, -0.2) is 13.0 Å². The zero-order valence-corrected chi connectivity index (χ0v) is 7.28. The fraction of sp³-hybridized carbons (Fsp3) is 0.333. The molecule has 13 heavy (non-hydrogen) atoms. The van der Waals surface area contributed by atoms with Gasteiger partial charge in [0.15, 0.2) is 0 Å². The van der Waals surface area contributed by atoms with Crippen LogP contribution in [0.15, 0.2) is 22.8 Å². The summed E-state index contributed by atoms with van der Waals surface area (Å²) in [6.07, 6.45) is 1.63. The monoisotopic (exact) mass is 178 g/mol. The van der Waals surface area contributed by atoms with Crippen LogP contribution < -0.4 is 5.32 Å². The van der Waals surface area contributed by atoms with Gasteiger partial charge in [-0.25, -0.2) is 0 Å². The van der Waals surface area contributed by atoms with Crippen molar-refractivity contribution in [1.82, 2.24) is 5.32 Å². The molecular weight excluding hydrogens is 168 g/mol. The van der Waals surface area contributed by atoms with E-state index in [-0.39, 0.29) is 12.3 Å². The first-order valence-electron chi connectivity index (χ1n) is 3.91. The Morgan fingerprint density at radius 3 is 3.08 bits per heavy atom. The van der Waals surface area contributed by atoms with E-state index >= 15 is 0 Å². The van der Waals surface area contributed by atoms with Crippen molar-refractivity contribution in [3.63, 3.8) is 0 Å². The summed E-state index contributed by atoms with van der Waals surface area (Å²) in [5.74, 6) is -0.121. The Hall–Kier alpha value is -1.76. The van der Waals surface area contributed by atoms with Crippen LogP contribution in [-0.2, 0) is 4.79 Å². The maximum absolute atomic E-state index is 11.0. The summed E-state index contributed by atoms with van der Waals surface area (Å²) >= 11 is 0. The highest BCUT2D eigenvalue weighted by molar-refractivity contribution is 5.76. The summed E-state index contributed by atoms with van der Waals surface area (Å²) in [5.41, 5.74) is 0. The maximum Gasteiger partial charge on any atom is 0.221 e. The fourth-order valence-electron chi connectivity index (χ4n) is 0.987. The Labute approximate surface area is 76.2 Å². The zero-order chi connectivity index (χ0) is 9.68. The molecule has 1 unspecified atom stereocenters. The average Bonchev–Trinajstić information content (AvgIpc) is 2.66. The van der Waals surface area contributed by atoms with Crippen molar-refractivity contribution < 1.29 is 9.21 Å². The molecule has 1 atom stereocenters. The van der Waals surface area contributed by atoms with Crippen LogP contribution in [0.4, 0.5) is 0 Å². The molecule has 0 radical (unpaired) electrons. The molecule has 4 heteroatoms. The number of furan rings is 1. The Balaban J connectivity index is 2.66. The Bertz CT molecular complexity index is 311. The van der Waals surface area contributed by atoms with E-state index in [0.717, 1.165) is 0 Å². The molecule has 0 saturated carbocycles. The van der Waals surface area contributed by atoms with E-state index in [2.05, 4.69) is 5.32 Å². The third kappa shape index (κ3) is 2.34. The molecule has 1 aromatic heterocycles. The van der Waals surface area contributed by atoms with Crippen LogP contribution in [0.2, 0.25) is 0 Å². The molecule has 0 spiro atoms. The number of nitrogens with one attached hydrogen (secondary N) is 1. The molecule has 68 valence electrons. The number of carbonyl (C=O) groups excluding carboxylic acids is 1. The van der Waals surface area contributed by atoms with Gasteiger partial charge in [-0.1, -0.05) is 0 Å². The van der Waals surface area contributed by atoms with E-state index in [9.17, 15) is 4.79 Å². The SMILES string of the molecule is CNC(=O)CC(C#N)c1ccco1. The number of carbonyl (C=O) groups is 1. The lowest BCUT2D eigenvalue weighted by Crippen LogP contribution is -2.19. The molecule has 1 amide bonds. The van der Waals surface area contributed by atoms with Gasteiger partial charge in [-0.2, -0.15) is 5.26 Å². The quantitative estimate of drug-likeness (QED) is 0.751. The second-order valence-electron chi connectivity index (χ2n) is 2.57. The number of hydrogen-bond acceptors (Lipinski definition) is 3. The standard InChI is InChI=1S/C9H10N2O2/c1-11-9(12)5-7(6-10)8-3-2-4-13-8/h2-4,7H,5H2,1H3,(H,11,12). The first kappa shape index (κ1) is 9.33. The molecule has 0 aliphatic rings. The molecule has 0 fully saturated rings. The van der Waals surface area contributed by atoms with E-state index in [1.54, 1.807) is 19.2 Å². The lowest BCUT2D eigenvalue weighted by molar-refractivity contribution is -0.120. The van der Waals surface area contributed by atoms with Gasteiger partial charge in [0.25, 0.3) is 0 Å². The minimum atomic E-state index is -0.491. The van der Waals surface area contributed by atoms with Crippen molar-refractivity contribution in [3.8, 4) is 6.07 Å². The number of hydrogen-bond donors (Lipinski definition) is 1. The van der Waals surface area contributed by atoms with Gasteiger partial charge in [0.1, 0.15) is 11.7 Å². The summed E-state index contributed by atoms with van der Waals surface area (Å²) in [5, 5.41) is 11.2. The van der Waals surface area contributed by atoms with Crippen molar-refractivity contribution in [2.45, 2.75) is 12.3 Å². The van der Waals surface area contributed by atoms with Crippen LogP contribution >= 0.6 is 0 Å². The Kier molecular flexibility index (Phi) is 3.09. The second-order valence-corrected chi connectivity index (χ2v) is 2.57. The molecule has 4 nitrogen and oxygen atoms in total. The second kappa shape index (κ2) is 4.31. The normalized spacial score (nSPS) is 11.7. The molecule has 1 N–H and O–H groups in total. The first-order chi connectivity index (χ1) is 6.27. The number of rotatable bonds is 3. The molecule has 0 aliphatic carbocycles. The van der Waals surface area contributed by atoms with E-state index in [1.807, 2.05) is 6.07 Å². The number of nitriles is 1. The molecule has 0 saturated heterocycles. The average molecular weight is 178 g/mol. The summed E-state index contributed by atoms with van der Waals surface area (Å²) < 4.78 is 5.03. The largest absolute Gasteiger partial charge is 0.468 e. The van der Waals surface area contributed by atoms with Gasteiger partial charge < -0.3 is 9.73 Å². The zero-order valence-electron chi connectivity index (χ0n) is 7.28. The summed E-state index contributed by atoms with van der Waals surface area (Å²) in [6.45, 7) is 0. The molecule has 1 aromatic rings. The van der Waals surface area contributed by atoms with Crippen LogP contribution in [0.5, 0.6) is 0 Å². The Morgan fingerprint density at radius 2 is 2.62 bits per heavy atom. The first-order valence-corrected chi connectivity index (χ1v) is 3.91. The van der Waals surface area contributed by atoms with Gasteiger partial charge in [-0.05, 0) is 12.1 Å². The number of amides is 1. The van der Waals surface area contributed by atoms with Gasteiger partial charge in [-0.3, -0.25) is 4.79 Å². The predicted octanol–water partition coefficient (Wildman–Crippen LogP) is 1.02. The minimum Gasteiger partial charge on any atom is -0.468 e. The highest BCUT2D eigenvalue weighted by atomic mass is 16.3. The van der Waals surface area contributed by atoms with Crippen molar-refractivity contribution in [2.24, 2.45) is 0 Å². The topological polar surface area (TPSA) is 66.0 Å². The Morgan fingerprint density at radius 1 is 1.85 bits per heavy atom. The van der Waals surface area contributed by atoms with Crippen molar-refractivity contribution in [2.75, 3.05) is 7.05 Å². The maximum atomic E-state index is 11.0. The van der Waals surface area contributed by atoms with Gasteiger partial charge in [0.2, 0.25) is 5.91 Å². The third-order valence-corrected chi connectivity index (χ3v) is 1.71. The lowest BCUT2D eigenvalue weighted by atomic mass is 10.0. The molecular formula is C9H10N2O2.